The Morgan fingerprint density at radius 1 is 0.968 bits per heavy atom. The molecular formula is C21H18F2NaO6S. The number of hydrogen-bond donors (Lipinski definition) is 1. The molecule has 159 valence electrons. The summed E-state index contributed by atoms with van der Waals surface area (Å²) >= 11 is 0. The van der Waals surface area contributed by atoms with Crippen molar-refractivity contribution in [1.82, 2.24) is 0 Å². The van der Waals surface area contributed by atoms with Gasteiger partial charge in [-0.3, -0.25) is 4.55 Å². The number of alkyl halides is 2. The van der Waals surface area contributed by atoms with Crippen LogP contribution in [0.15, 0.2) is 72.8 Å². The average Bonchev–Trinajstić information content (AvgIpc) is 2.72. The maximum absolute atomic E-state index is 13.4. The van der Waals surface area contributed by atoms with Crippen molar-refractivity contribution in [3.63, 3.8) is 0 Å². The molecule has 0 fully saturated rings. The summed E-state index contributed by atoms with van der Waals surface area (Å²) < 4.78 is 67.2. The maximum Gasteiger partial charge on any atom is 0.392 e. The smallest absolute Gasteiger partial charge is 0.392 e. The van der Waals surface area contributed by atoms with Gasteiger partial charge in [0.1, 0.15) is 6.61 Å². The van der Waals surface area contributed by atoms with E-state index in [4.69, 9.17) is 14.0 Å². The largest absolute Gasteiger partial charge is 0.451 e. The second-order valence-electron chi connectivity index (χ2n) is 6.46. The van der Waals surface area contributed by atoms with Crippen molar-refractivity contribution in [2.45, 2.75) is 11.4 Å². The molecule has 3 aromatic rings. The Labute approximate surface area is 200 Å². The summed E-state index contributed by atoms with van der Waals surface area (Å²) in [5.41, 5.74) is 0.763. The van der Waals surface area contributed by atoms with Crippen LogP contribution in [0.5, 0.6) is 0 Å². The van der Waals surface area contributed by atoms with Gasteiger partial charge >= 0.3 is 21.3 Å². The molecule has 0 aliphatic heterocycles. The second kappa shape index (κ2) is 10.6. The molecule has 1 radical (unpaired) electrons. The number of ether oxygens (including phenoxy) is 2. The molecule has 1 N–H and O–H groups in total. The molecule has 3 aromatic carbocycles. The van der Waals surface area contributed by atoms with E-state index in [1.54, 1.807) is 54.6 Å². The zero-order valence-corrected chi connectivity index (χ0v) is 19.4. The van der Waals surface area contributed by atoms with Crippen molar-refractivity contribution in [1.29, 1.82) is 0 Å². The quantitative estimate of drug-likeness (QED) is 0.313. The molecule has 1 unspecified atom stereocenters. The fourth-order valence-electron chi connectivity index (χ4n) is 2.82. The van der Waals surface area contributed by atoms with Crippen molar-refractivity contribution in [3.05, 3.63) is 83.9 Å². The third-order valence-corrected chi connectivity index (χ3v) is 5.22. The molecule has 0 saturated carbocycles. The molecular weight excluding hydrogens is 441 g/mol. The molecule has 0 heterocycles. The third-order valence-electron chi connectivity index (χ3n) is 4.35. The third kappa shape index (κ3) is 6.31. The first kappa shape index (κ1) is 25.4. The molecule has 0 bridgehead atoms. The summed E-state index contributed by atoms with van der Waals surface area (Å²) in [7, 11) is -5.62. The van der Waals surface area contributed by atoms with Gasteiger partial charge in [-0.05, 0) is 22.4 Å². The molecule has 3 rings (SSSR count). The SMILES string of the molecule is O=C(OC(COCC(F)(F)S(=O)(=O)O)c1ccccc1)c1cccc2ccccc12.[Na]. The van der Waals surface area contributed by atoms with Gasteiger partial charge in [0.25, 0.3) is 0 Å². The molecule has 0 aliphatic rings. The zero-order valence-electron chi connectivity index (χ0n) is 16.6. The van der Waals surface area contributed by atoms with E-state index in [2.05, 4.69) is 0 Å². The number of rotatable bonds is 8. The van der Waals surface area contributed by atoms with Gasteiger partial charge in [0.15, 0.2) is 6.10 Å². The van der Waals surface area contributed by atoms with Crippen LogP contribution in [-0.4, -0.2) is 67.0 Å². The predicted molar refractivity (Wildman–Crippen MR) is 112 cm³/mol. The molecule has 0 aliphatic carbocycles. The number of benzene rings is 3. The normalized spacial score (nSPS) is 12.7. The van der Waals surface area contributed by atoms with Crippen LogP contribution in [0.25, 0.3) is 10.8 Å². The number of carbonyl (C=O) groups excluding carboxylic acids is 1. The molecule has 10 heteroatoms. The average molecular weight is 459 g/mol. The standard InChI is InChI=1S/C21H18F2O6S.Na/c22-21(23,30(25,26)27)14-28-13-19(16-8-2-1-3-9-16)29-20(24)18-12-6-10-15-7-4-5-11-17(15)18;/h1-12,19H,13-14H2,(H,25,26,27);. The van der Waals surface area contributed by atoms with Crippen LogP contribution < -0.4 is 0 Å². The van der Waals surface area contributed by atoms with Gasteiger partial charge in [-0.15, -0.1) is 0 Å². The number of halogens is 2. The van der Waals surface area contributed by atoms with E-state index in [-0.39, 0.29) is 35.1 Å². The summed E-state index contributed by atoms with van der Waals surface area (Å²) in [4.78, 5) is 12.8. The van der Waals surface area contributed by atoms with Crippen LogP contribution >= 0.6 is 0 Å². The van der Waals surface area contributed by atoms with Gasteiger partial charge in [0.2, 0.25) is 0 Å². The molecule has 6 nitrogen and oxygen atoms in total. The van der Waals surface area contributed by atoms with Crippen LogP contribution in [0, 0.1) is 0 Å². The first-order valence-corrected chi connectivity index (χ1v) is 10.3. The van der Waals surface area contributed by atoms with E-state index < -0.39 is 40.7 Å². The van der Waals surface area contributed by atoms with E-state index >= 15 is 0 Å². The van der Waals surface area contributed by atoms with Crippen molar-refractivity contribution in [3.8, 4) is 0 Å². The van der Waals surface area contributed by atoms with Crippen LogP contribution in [0.1, 0.15) is 22.0 Å². The van der Waals surface area contributed by atoms with E-state index in [9.17, 15) is 22.0 Å². The van der Waals surface area contributed by atoms with E-state index in [1.165, 1.54) is 0 Å². The first-order chi connectivity index (χ1) is 14.2. The van der Waals surface area contributed by atoms with E-state index in [0.29, 0.717) is 10.9 Å². The molecule has 31 heavy (non-hydrogen) atoms. The summed E-state index contributed by atoms with van der Waals surface area (Å²) in [6, 6.07) is 20.6. The van der Waals surface area contributed by atoms with Gasteiger partial charge < -0.3 is 9.47 Å². The summed E-state index contributed by atoms with van der Waals surface area (Å²) in [5, 5.41) is -2.99. The minimum absolute atomic E-state index is 0. The molecule has 1 atom stereocenters. The van der Waals surface area contributed by atoms with Gasteiger partial charge in [0, 0.05) is 29.6 Å². The first-order valence-electron chi connectivity index (χ1n) is 8.85. The maximum atomic E-state index is 13.4. The van der Waals surface area contributed by atoms with Crippen molar-refractivity contribution < 1.29 is 36.0 Å². The Kier molecular flexibility index (Phi) is 8.70. The summed E-state index contributed by atoms with van der Waals surface area (Å²) in [6.07, 6.45) is -1.07. The summed E-state index contributed by atoms with van der Waals surface area (Å²) in [6.45, 7) is -2.12. The van der Waals surface area contributed by atoms with Crippen molar-refractivity contribution in [2.24, 2.45) is 0 Å². The Bertz CT molecular complexity index is 1130. The fourth-order valence-corrected chi connectivity index (χ4v) is 3.05. The van der Waals surface area contributed by atoms with E-state index in [0.717, 1.165) is 5.39 Å². The molecule has 0 aromatic heterocycles. The topological polar surface area (TPSA) is 89.9 Å². The Hall–Kier alpha value is -1.88. The number of hydrogen-bond acceptors (Lipinski definition) is 5. The van der Waals surface area contributed by atoms with Crippen LogP contribution in [0.2, 0.25) is 0 Å². The second-order valence-corrected chi connectivity index (χ2v) is 8.01. The molecule has 0 amide bonds. The number of esters is 1. The fraction of sp³-hybridized carbons (Fsp3) is 0.190. The monoisotopic (exact) mass is 459 g/mol. The van der Waals surface area contributed by atoms with Gasteiger partial charge in [0.05, 0.1) is 12.2 Å². The predicted octanol–water partition coefficient (Wildman–Crippen LogP) is 3.85. The Morgan fingerprint density at radius 2 is 1.58 bits per heavy atom. The molecule has 0 saturated heterocycles. The number of fused-ring (bicyclic) bond motifs is 1. The van der Waals surface area contributed by atoms with Gasteiger partial charge in [-0.1, -0.05) is 66.7 Å². The van der Waals surface area contributed by atoms with E-state index in [1.807, 2.05) is 18.2 Å². The Morgan fingerprint density at radius 3 is 2.26 bits per heavy atom. The van der Waals surface area contributed by atoms with Crippen LogP contribution in [0.3, 0.4) is 0 Å². The zero-order chi connectivity index (χ0) is 21.8. The molecule has 0 spiro atoms. The minimum Gasteiger partial charge on any atom is -0.451 e. The minimum atomic E-state index is -5.62. The van der Waals surface area contributed by atoms with Gasteiger partial charge in [-0.2, -0.15) is 17.2 Å². The number of carbonyl (C=O) groups is 1. The Balaban J connectivity index is 0.00000341. The van der Waals surface area contributed by atoms with Crippen molar-refractivity contribution >= 4 is 56.4 Å². The summed E-state index contributed by atoms with van der Waals surface area (Å²) in [5.74, 6) is -0.689. The van der Waals surface area contributed by atoms with Gasteiger partial charge in [-0.25, -0.2) is 4.79 Å². The van der Waals surface area contributed by atoms with Crippen molar-refractivity contribution in [2.75, 3.05) is 13.2 Å². The van der Waals surface area contributed by atoms with Crippen LogP contribution in [-0.2, 0) is 19.6 Å². The van der Waals surface area contributed by atoms with Crippen LogP contribution in [0.4, 0.5) is 8.78 Å².